The molecule has 0 spiro atoms. The Balaban J connectivity index is 1.84. The Hall–Kier alpha value is -3.79. The third kappa shape index (κ3) is 8.11. The zero-order valence-corrected chi connectivity index (χ0v) is 24.0. The molecule has 0 unspecified atom stereocenters. The van der Waals surface area contributed by atoms with E-state index in [0.717, 1.165) is 4.31 Å². The molecule has 0 radical (unpaired) electrons. The zero-order chi connectivity index (χ0) is 29.5. The summed E-state index contributed by atoms with van der Waals surface area (Å²) in [5.41, 5.74) is 2.05. The Morgan fingerprint density at radius 3 is 2.30 bits per heavy atom. The van der Waals surface area contributed by atoms with Crippen LogP contribution in [0.15, 0.2) is 53.4 Å². The van der Waals surface area contributed by atoms with Gasteiger partial charge in [0.1, 0.15) is 30.3 Å². The van der Waals surface area contributed by atoms with Crippen LogP contribution in [0.5, 0.6) is 11.5 Å². The number of carboxylic acid groups (broad SMARTS) is 1. The molecule has 1 aliphatic heterocycles. The van der Waals surface area contributed by atoms with Gasteiger partial charge in [0, 0.05) is 20.0 Å². The summed E-state index contributed by atoms with van der Waals surface area (Å²) in [5.74, 6) is 5.74. The predicted octanol–water partition coefficient (Wildman–Crippen LogP) is 3.43. The molecule has 2 amide bonds. The molecule has 0 aromatic heterocycles. The number of likely N-dealkylation sites (N-methyl/N-ethyl adjacent to an activating group) is 1. The van der Waals surface area contributed by atoms with Gasteiger partial charge in [0.2, 0.25) is 10.0 Å². The molecule has 12 heteroatoms. The van der Waals surface area contributed by atoms with Gasteiger partial charge in [-0.3, -0.25) is 9.63 Å². The minimum atomic E-state index is -4.13. The van der Waals surface area contributed by atoms with Crippen LogP contribution in [0.25, 0.3) is 0 Å². The van der Waals surface area contributed by atoms with Crippen molar-refractivity contribution in [3.05, 3.63) is 54.1 Å². The van der Waals surface area contributed by atoms with Crippen molar-refractivity contribution in [3.8, 4) is 23.3 Å². The molecule has 3 rings (SSSR count). The molecule has 11 nitrogen and oxygen atoms in total. The molecule has 216 valence electrons. The highest BCUT2D eigenvalue weighted by molar-refractivity contribution is 7.89. The summed E-state index contributed by atoms with van der Waals surface area (Å²) >= 11 is 0. The average molecular weight is 574 g/mol. The van der Waals surface area contributed by atoms with Crippen LogP contribution in [0.1, 0.15) is 45.7 Å². The van der Waals surface area contributed by atoms with E-state index >= 15 is 0 Å². The lowest BCUT2D eigenvalue weighted by Crippen LogP contribution is -2.43. The van der Waals surface area contributed by atoms with Crippen LogP contribution in [0, 0.1) is 11.8 Å². The van der Waals surface area contributed by atoms with E-state index in [1.165, 1.54) is 36.2 Å². The number of nitrogens with one attached hydrogen (secondary N) is 1. The van der Waals surface area contributed by atoms with E-state index in [4.69, 9.17) is 19.4 Å². The summed E-state index contributed by atoms with van der Waals surface area (Å²) in [5, 5.41) is 9.16. The first kappa shape index (κ1) is 30.7. The summed E-state index contributed by atoms with van der Waals surface area (Å²) in [6.45, 7) is 7.76. The number of hydrogen-bond donors (Lipinski definition) is 2. The number of amides is 2. The van der Waals surface area contributed by atoms with Gasteiger partial charge in [-0.2, -0.15) is 4.31 Å². The lowest BCUT2D eigenvalue weighted by molar-refractivity contribution is -0.149. The van der Waals surface area contributed by atoms with Gasteiger partial charge >= 0.3 is 6.09 Å². The first-order chi connectivity index (χ1) is 18.8. The maximum atomic E-state index is 13.6. The first-order valence-corrected chi connectivity index (χ1v) is 14.1. The molecule has 1 fully saturated rings. The van der Waals surface area contributed by atoms with Crippen LogP contribution in [0.3, 0.4) is 0 Å². The smallest absolute Gasteiger partial charge is 0.407 e. The van der Waals surface area contributed by atoms with Gasteiger partial charge in [-0.1, -0.05) is 18.1 Å². The van der Waals surface area contributed by atoms with E-state index in [-0.39, 0.29) is 24.2 Å². The van der Waals surface area contributed by atoms with Crippen molar-refractivity contribution in [2.45, 2.75) is 56.8 Å². The average Bonchev–Trinajstić information content (AvgIpc) is 3.37. The van der Waals surface area contributed by atoms with Crippen molar-refractivity contribution in [2.75, 3.05) is 26.7 Å². The second-order valence-corrected chi connectivity index (χ2v) is 12.1. The van der Waals surface area contributed by atoms with Gasteiger partial charge in [-0.25, -0.2) is 18.7 Å². The lowest BCUT2D eigenvalue weighted by Gasteiger charge is -2.28. The van der Waals surface area contributed by atoms with Crippen LogP contribution in [-0.4, -0.2) is 73.2 Å². The van der Waals surface area contributed by atoms with Gasteiger partial charge in [0.15, 0.2) is 0 Å². The van der Waals surface area contributed by atoms with Crippen molar-refractivity contribution in [1.82, 2.24) is 14.7 Å². The number of carbonyl (C=O) groups excluding carboxylic acids is 1. The van der Waals surface area contributed by atoms with Crippen molar-refractivity contribution in [1.29, 1.82) is 0 Å². The van der Waals surface area contributed by atoms with Crippen molar-refractivity contribution in [3.63, 3.8) is 0 Å². The Morgan fingerprint density at radius 1 is 1.12 bits per heavy atom. The number of benzene rings is 2. The van der Waals surface area contributed by atoms with Crippen LogP contribution in [-0.2, 0) is 19.7 Å². The lowest BCUT2D eigenvalue weighted by atomic mass is 10.1. The van der Waals surface area contributed by atoms with E-state index < -0.39 is 33.7 Å². The molecule has 1 saturated heterocycles. The van der Waals surface area contributed by atoms with E-state index in [9.17, 15) is 18.0 Å². The number of sulfonamides is 1. The second kappa shape index (κ2) is 13.0. The van der Waals surface area contributed by atoms with Crippen LogP contribution in [0.2, 0.25) is 0 Å². The van der Waals surface area contributed by atoms with Gasteiger partial charge in [0.25, 0.3) is 5.91 Å². The molecule has 1 aliphatic rings. The standard InChI is InChI=1S/C28H35N3O8S/c1-6-7-18-37-21-12-14-24(15-13-21)40(35,36)30(5)25(26(32)29-39-28(2,3)4)20-8-10-22(11-9-20)38-23-16-17-31(19-23)27(33)34/h8-15,23,25H,16-19H2,1-5H3,(H,29,32)(H,33,34)/t23-,25+/m0/s1. The van der Waals surface area contributed by atoms with Crippen molar-refractivity contribution in [2.24, 2.45) is 0 Å². The first-order valence-electron chi connectivity index (χ1n) is 12.6. The number of likely N-dealkylation sites (tertiary alicyclic amines) is 1. The van der Waals surface area contributed by atoms with E-state index in [2.05, 4.69) is 17.3 Å². The molecule has 0 aliphatic carbocycles. The number of rotatable bonds is 10. The SMILES string of the molecule is CC#CCOc1ccc(S(=O)(=O)N(C)[C@@H](C(=O)NOC(C)(C)C)c2ccc(O[C@H]3CCN(C(=O)O)C3)cc2)cc1. The molecule has 2 aromatic carbocycles. The maximum Gasteiger partial charge on any atom is 0.407 e. The fourth-order valence-corrected chi connectivity index (χ4v) is 5.22. The van der Waals surface area contributed by atoms with Crippen molar-refractivity contribution < 1.29 is 37.4 Å². The molecule has 2 atom stereocenters. The molecule has 40 heavy (non-hydrogen) atoms. The third-order valence-electron chi connectivity index (χ3n) is 5.97. The summed E-state index contributed by atoms with van der Waals surface area (Å²) in [4.78, 5) is 31.2. The fourth-order valence-electron chi connectivity index (χ4n) is 3.91. The van der Waals surface area contributed by atoms with Crippen LogP contribution < -0.4 is 15.0 Å². The summed E-state index contributed by atoms with van der Waals surface area (Å²) in [7, 11) is -2.81. The number of hydroxylamine groups is 1. The summed E-state index contributed by atoms with van der Waals surface area (Å²) in [6.07, 6.45) is -0.740. The number of hydrogen-bond acceptors (Lipinski definition) is 7. The van der Waals surface area contributed by atoms with Gasteiger partial charge in [0.05, 0.1) is 17.0 Å². The topological polar surface area (TPSA) is 135 Å². The molecule has 2 aromatic rings. The molecule has 2 N–H and O–H groups in total. The van der Waals surface area contributed by atoms with Gasteiger partial charge in [-0.15, -0.1) is 5.92 Å². The highest BCUT2D eigenvalue weighted by atomic mass is 32.2. The quantitative estimate of drug-likeness (QED) is 0.326. The molecular weight excluding hydrogens is 538 g/mol. The number of ether oxygens (including phenoxy) is 2. The molecule has 1 heterocycles. The minimum Gasteiger partial charge on any atom is -0.489 e. The Bertz CT molecular complexity index is 1340. The fraction of sp³-hybridized carbons (Fsp3) is 0.429. The Labute approximate surface area is 235 Å². The summed E-state index contributed by atoms with van der Waals surface area (Å²) < 4.78 is 39.5. The van der Waals surface area contributed by atoms with Gasteiger partial charge in [-0.05, 0) is 69.7 Å². The normalized spacial score (nSPS) is 16.1. The number of carbonyl (C=O) groups is 2. The molecule has 0 saturated carbocycles. The van der Waals surface area contributed by atoms with Crippen molar-refractivity contribution >= 4 is 22.0 Å². The Kier molecular flexibility index (Phi) is 10.0. The molecule has 0 bridgehead atoms. The Morgan fingerprint density at radius 2 is 1.75 bits per heavy atom. The highest BCUT2D eigenvalue weighted by Crippen LogP contribution is 2.30. The predicted molar refractivity (Wildman–Crippen MR) is 147 cm³/mol. The number of nitrogens with zero attached hydrogens (tertiary/aromatic N) is 2. The van der Waals surface area contributed by atoms with E-state index in [1.807, 2.05) is 0 Å². The largest absolute Gasteiger partial charge is 0.489 e. The zero-order valence-electron chi connectivity index (χ0n) is 23.2. The van der Waals surface area contributed by atoms with Crippen LogP contribution >= 0.6 is 0 Å². The maximum absolute atomic E-state index is 13.6. The summed E-state index contributed by atoms with van der Waals surface area (Å²) in [6, 6.07) is 11.0. The molecular formula is C28H35N3O8S. The third-order valence-corrected chi connectivity index (χ3v) is 7.81. The van der Waals surface area contributed by atoms with Gasteiger partial charge < -0.3 is 19.5 Å². The second-order valence-electron chi connectivity index (χ2n) is 10.1. The monoisotopic (exact) mass is 573 g/mol. The van der Waals surface area contributed by atoms with E-state index in [0.29, 0.717) is 30.0 Å². The minimum absolute atomic E-state index is 0.0253. The van der Waals surface area contributed by atoms with E-state index in [1.54, 1.807) is 52.0 Å². The van der Waals surface area contributed by atoms with Crippen LogP contribution in [0.4, 0.5) is 4.79 Å². The highest BCUT2D eigenvalue weighted by Gasteiger charge is 2.35.